The van der Waals surface area contributed by atoms with Gasteiger partial charge in [0.1, 0.15) is 0 Å². The molecule has 2 rings (SSSR count). The fourth-order valence-electron chi connectivity index (χ4n) is 1.58. The highest BCUT2D eigenvalue weighted by Gasteiger charge is 2.05. The molecule has 2 aromatic rings. The molecule has 1 radical (unpaired) electrons. The standard InChI is InChI=1S/C12H10NO2/c1-8(14)13-11-6-2-5-10-9(11)4-3-7-12(10)15/h2-7H,1H3,(H,13,14). The first-order chi connectivity index (χ1) is 7.18. The van der Waals surface area contributed by atoms with E-state index in [9.17, 15) is 9.90 Å². The Morgan fingerprint density at radius 3 is 2.47 bits per heavy atom. The average molecular weight is 200 g/mol. The van der Waals surface area contributed by atoms with Crippen molar-refractivity contribution in [2.75, 3.05) is 5.32 Å². The van der Waals surface area contributed by atoms with E-state index >= 15 is 0 Å². The van der Waals surface area contributed by atoms with Gasteiger partial charge in [-0.05, 0) is 12.1 Å². The lowest BCUT2D eigenvalue weighted by Crippen LogP contribution is -2.05. The molecule has 3 heteroatoms. The van der Waals surface area contributed by atoms with E-state index in [4.69, 9.17) is 0 Å². The van der Waals surface area contributed by atoms with Crippen LogP contribution in [0, 0.1) is 0 Å². The van der Waals surface area contributed by atoms with Crippen LogP contribution in [0.15, 0.2) is 36.4 Å². The number of fused-ring (bicyclic) bond motifs is 1. The number of nitrogens with one attached hydrogen (secondary N) is 1. The quantitative estimate of drug-likeness (QED) is 0.755. The smallest absolute Gasteiger partial charge is 0.221 e. The molecule has 1 N–H and O–H groups in total. The van der Waals surface area contributed by atoms with E-state index in [0.29, 0.717) is 11.1 Å². The molecule has 2 aromatic carbocycles. The molecule has 0 fully saturated rings. The van der Waals surface area contributed by atoms with Crippen molar-refractivity contribution in [1.82, 2.24) is 0 Å². The van der Waals surface area contributed by atoms with Gasteiger partial charge >= 0.3 is 0 Å². The number of amides is 1. The highest BCUT2D eigenvalue weighted by atomic mass is 16.3. The van der Waals surface area contributed by atoms with Gasteiger partial charge in [-0.2, -0.15) is 0 Å². The van der Waals surface area contributed by atoms with Crippen LogP contribution in [0.1, 0.15) is 6.92 Å². The van der Waals surface area contributed by atoms with Crippen molar-refractivity contribution in [2.24, 2.45) is 0 Å². The van der Waals surface area contributed by atoms with Gasteiger partial charge in [0, 0.05) is 23.4 Å². The first kappa shape index (κ1) is 9.52. The predicted molar refractivity (Wildman–Crippen MR) is 58.4 cm³/mol. The lowest BCUT2D eigenvalue weighted by atomic mass is 10.1. The molecule has 15 heavy (non-hydrogen) atoms. The van der Waals surface area contributed by atoms with Gasteiger partial charge in [-0.25, -0.2) is 0 Å². The Morgan fingerprint density at radius 2 is 1.73 bits per heavy atom. The van der Waals surface area contributed by atoms with Gasteiger partial charge in [-0.3, -0.25) is 9.90 Å². The molecule has 0 unspecified atom stereocenters. The molecule has 1 amide bonds. The second-order valence-corrected chi connectivity index (χ2v) is 3.34. The Labute approximate surface area is 87.3 Å². The van der Waals surface area contributed by atoms with E-state index in [1.165, 1.54) is 13.0 Å². The topological polar surface area (TPSA) is 49.0 Å². The van der Waals surface area contributed by atoms with E-state index < -0.39 is 0 Å². The molecule has 0 aliphatic carbocycles. The van der Waals surface area contributed by atoms with Crippen LogP contribution in [-0.2, 0) is 9.90 Å². The van der Waals surface area contributed by atoms with Crippen LogP contribution in [-0.4, -0.2) is 5.91 Å². The number of anilines is 1. The first-order valence-corrected chi connectivity index (χ1v) is 4.65. The van der Waals surface area contributed by atoms with Crippen molar-refractivity contribution >= 4 is 22.4 Å². The van der Waals surface area contributed by atoms with Crippen LogP contribution in [0.4, 0.5) is 5.69 Å². The Morgan fingerprint density at radius 1 is 1.07 bits per heavy atom. The summed E-state index contributed by atoms with van der Waals surface area (Å²) in [6.45, 7) is 1.44. The van der Waals surface area contributed by atoms with Crippen LogP contribution in [0.2, 0.25) is 0 Å². The van der Waals surface area contributed by atoms with Gasteiger partial charge in [-0.1, -0.05) is 24.3 Å². The minimum Gasteiger partial charge on any atom is -0.326 e. The van der Waals surface area contributed by atoms with Crippen LogP contribution in [0.25, 0.3) is 10.8 Å². The fourth-order valence-corrected chi connectivity index (χ4v) is 1.58. The summed E-state index contributed by atoms with van der Waals surface area (Å²) in [7, 11) is 0. The monoisotopic (exact) mass is 200 g/mol. The molecule has 0 atom stereocenters. The zero-order chi connectivity index (χ0) is 10.8. The number of hydrogen-bond donors (Lipinski definition) is 1. The summed E-state index contributed by atoms with van der Waals surface area (Å²) in [5.41, 5.74) is 0.678. The minimum absolute atomic E-state index is 0.0281. The molecule has 75 valence electrons. The molecule has 0 aliphatic heterocycles. The molecular weight excluding hydrogens is 190 g/mol. The minimum atomic E-state index is -0.140. The van der Waals surface area contributed by atoms with E-state index in [0.717, 1.165) is 5.39 Å². The maximum Gasteiger partial charge on any atom is 0.221 e. The first-order valence-electron chi connectivity index (χ1n) is 4.65. The van der Waals surface area contributed by atoms with Crippen LogP contribution < -0.4 is 5.32 Å². The van der Waals surface area contributed by atoms with Crippen LogP contribution >= 0.6 is 0 Å². The molecule has 0 aliphatic rings. The maximum absolute atomic E-state index is 11.5. The van der Waals surface area contributed by atoms with Crippen molar-refractivity contribution in [3.8, 4) is 5.75 Å². The largest absolute Gasteiger partial charge is 0.326 e. The molecule has 0 saturated carbocycles. The van der Waals surface area contributed by atoms with Crippen molar-refractivity contribution in [1.29, 1.82) is 0 Å². The molecule has 0 bridgehead atoms. The van der Waals surface area contributed by atoms with Gasteiger partial charge in [0.05, 0.1) is 0 Å². The van der Waals surface area contributed by atoms with Crippen molar-refractivity contribution in [2.45, 2.75) is 6.92 Å². The Hall–Kier alpha value is -2.03. The van der Waals surface area contributed by atoms with E-state index in [2.05, 4.69) is 5.32 Å². The zero-order valence-corrected chi connectivity index (χ0v) is 8.28. The average Bonchev–Trinajstić information content (AvgIpc) is 2.19. The van der Waals surface area contributed by atoms with E-state index in [1.54, 1.807) is 24.3 Å². The van der Waals surface area contributed by atoms with E-state index in [1.807, 2.05) is 6.07 Å². The maximum atomic E-state index is 11.5. The number of carbonyl (C=O) groups excluding carboxylic acids is 1. The highest BCUT2D eigenvalue weighted by molar-refractivity contribution is 6.03. The summed E-state index contributed by atoms with van der Waals surface area (Å²) in [5.74, 6) is -0.168. The van der Waals surface area contributed by atoms with Gasteiger partial charge in [-0.15, -0.1) is 0 Å². The third-order valence-corrected chi connectivity index (χ3v) is 2.19. The molecule has 0 aromatic heterocycles. The van der Waals surface area contributed by atoms with Crippen molar-refractivity contribution < 1.29 is 9.90 Å². The van der Waals surface area contributed by atoms with E-state index in [-0.39, 0.29) is 11.7 Å². The van der Waals surface area contributed by atoms with Crippen LogP contribution in [0.3, 0.4) is 0 Å². The molecule has 0 saturated heterocycles. The lowest BCUT2D eigenvalue weighted by Gasteiger charge is -2.06. The molecule has 0 heterocycles. The summed E-state index contributed by atoms with van der Waals surface area (Å²) in [6, 6.07) is 10.3. The second-order valence-electron chi connectivity index (χ2n) is 3.34. The third kappa shape index (κ3) is 1.76. The van der Waals surface area contributed by atoms with Gasteiger partial charge < -0.3 is 5.32 Å². The van der Waals surface area contributed by atoms with Crippen molar-refractivity contribution in [3.05, 3.63) is 36.4 Å². The third-order valence-electron chi connectivity index (χ3n) is 2.19. The van der Waals surface area contributed by atoms with Crippen LogP contribution in [0.5, 0.6) is 5.75 Å². The lowest BCUT2D eigenvalue weighted by molar-refractivity contribution is -0.114. The number of rotatable bonds is 1. The van der Waals surface area contributed by atoms with Gasteiger partial charge in [0.15, 0.2) is 5.75 Å². The Kier molecular flexibility index (Phi) is 2.29. The predicted octanol–water partition coefficient (Wildman–Crippen LogP) is 2.94. The molecular formula is C12H10NO2. The number of hydrogen-bond acceptors (Lipinski definition) is 1. The summed E-state index contributed by atoms with van der Waals surface area (Å²) >= 11 is 0. The summed E-state index contributed by atoms with van der Waals surface area (Å²) < 4.78 is 0. The fraction of sp³-hybridized carbons (Fsp3) is 0.0833. The molecule has 3 nitrogen and oxygen atoms in total. The van der Waals surface area contributed by atoms with Gasteiger partial charge in [0.25, 0.3) is 0 Å². The Bertz CT molecular complexity index is 520. The Balaban J connectivity index is 2.65. The summed E-state index contributed by atoms with van der Waals surface area (Å²) in [6.07, 6.45) is 0. The summed E-state index contributed by atoms with van der Waals surface area (Å²) in [4.78, 5) is 11.0. The second kappa shape index (κ2) is 3.61. The van der Waals surface area contributed by atoms with Crippen molar-refractivity contribution in [3.63, 3.8) is 0 Å². The normalized spacial score (nSPS) is 10.2. The van der Waals surface area contributed by atoms with Gasteiger partial charge in [0.2, 0.25) is 5.91 Å². The number of benzene rings is 2. The number of carbonyl (C=O) groups is 1. The SMILES string of the molecule is CC(=O)Nc1cccc2c([O])cccc12. The molecule has 0 spiro atoms. The highest BCUT2D eigenvalue weighted by Crippen LogP contribution is 2.29. The summed E-state index contributed by atoms with van der Waals surface area (Å²) in [5, 5.41) is 15.6. The zero-order valence-electron chi connectivity index (χ0n) is 8.28.